The summed E-state index contributed by atoms with van der Waals surface area (Å²) in [5.41, 5.74) is 0. The maximum atomic E-state index is 9.81. The maximum Gasteiger partial charge on any atom is -0.0351 e. The fourth-order valence-corrected chi connectivity index (χ4v) is 0.508. The van der Waals surface area contributed by atoms with E-state index in [0.717, 1.165) is 6.42 Å². The number of rotatable bonds is 4. The first kappa shape index (κ1) is 7.70. The summed E-state index contributed by atoms with van der Waals surface area (Å²) in [6, 6.07) is 0. The molecule has 0 unspecified atom stereocenters. The summed E-state index contributed by atoms with van der Waals surface area (Å²) < 4.78 is 0. The van der Waals surface area contributed by atoms with Crippen molar-refractivity contribution in [3.8, 4) is 0 Å². The van der Waals surface area contributed by atoms with Gasteiger partial charge in [0.15, 0.2) is 0 Å². The molecule has 0 spiro atoms. The predicted octanol–water partition coefficient (Wildman–Crippen LogP) is 1.09. The number of hydrogen-bond acceptors (Lipinski definition) is 1. The van der Waals surface area contributed by atoms with Crippen LogP contribution < -0.4 is 5.11 Å². The van der Waals surface area contributed by atoms with E-state index < -0.39 is 0 Å². The molecule has 0 aromatic heterocycles. The van der Waals surface area contributed by atoms with Gasteiger partial charge in [-0.25, -0.2) is 0 Å². The van der Waals surface area contributed by atoms with Crippen LogP contribution in [-0.4, -0.2) is 6.61 Å². The Kier molecular flexibility index (Phi) is 6.45. The van der Waals surface area contributed by atoms with E-state index in [-0.39, 0.29) is 6.61 Å². The summed E-state index contributed by atoms with van der Waals surface area (Å²) in [7, 11) is 0. The molecule has 0 atom stereocenters. The molecular weight excluding hydrogens is 100 g/mol. The lowest BCUT2D eigenvalue weighted by molar-refractivity contribution is -0.352. The molecule has 0 aliphatic heterocycles. The minimum absolute atomic E-state index is 0.0658. The zero-order valence-corrected chi connectivity index (χ0v) is 5.39. The molecule has 0 saturated heterocycles. The van der Waals surface area contributed by atoms with Gasteiger partial charge in [-0.2, -0.15) is 0 Å². The second kappa shape index (κ2) is 6.70. The van der Waals surface area contributed by atoms with Crippen LogP contribution in [0, 0.1) is 0 Å². The normalized spacial score (nSPS) is 10.8. The highest BCUT2D eigenvalue weighted by Crippen LogP contribution is 1.93. The Labute approximate surface area is 51.0 Å². The molecule has 1 heteroatoms. The van der Waals surface area contributed by atoms with E-state index in [9.17, 15) is 5.11 Å². The van der Waals surface area contributed by atoms with Gasteiger partial charge >= 0.3 is 0 Å². The molecule has 0 aromatic rings. The van der Waals surface area contributed by atoms with Crippen molar-refractivity contribution in [3.05, 3.63) is 12.2 Å². The van der Waals surface area contributed by atoms with Gasteiger partial charge in [-0.3, -0.25) is 0 Å². The summed E-state index contributed by atoms with van der Waals surface area (Å²) in [5, 5.41) is 9.81. The Morgan fingerprint density at radius 3 is 2.62 bits per heavy atom. The molecule has 1 nitrogen and oxygen atoms in total. The summed E-state index contributed by atoms with van der Waals surface area (Å²) in [5.74, 6) is 0. The lowest BCUT2D eigenvalue weighted by atomic mass is 10.2. The fraction of sp³-hybridized carbons (Fsp3) is 0.714. The SMILES string of the molecule is CCCC/C=C/C[O-]. The minimum atomic E-state index is -0.0658. The lowest BCUT2D eigenvalue weighted by Crippen LogP contribution is -1.99. The van der Waals surface area contributed by atoms with Gasteiger partial charge in [0.25, 0.3) is 0 Å². The molecule has 0 N–H and O–H groups in total. The molecule has 0 radical (unpaired) electrons. The van der Waals surface area contributed by atoms with E-state index in [4.69, 9.17) is 0 Å². The highest BCUT2D eigenvalue weighted by atomic mass is 16.2. The van der Waals surface area contributed by atoms with Gasteiger partial charge in [0.1, 0.15) is 0 Å². The van der Waals surface area contributed by atoms with Gasteiger partial charge in [-0.15, -0.1) is 12.7 Å². The zero-order chi connectivity index (χ0) is 6.24. The summed E-state index contributed by atoms with van der Waals surface area (Å²) >= 11 is 0. The topological polar surface area (TPSA) is 23.1 Å². The van der Waals surface area contributed by atoms with Crippen molar-refractivity contribution in [2.24, 2.45) is 0 Å². The van der Waals surface area contributed by atoms with E-state index in [2.05, 4.69) is 6.92 Å². The molecular formula is C7H13O-. The molecule has 0 bridgehead atoms. The third-order valence-electron chi connectivity index (χ3n) is 0.987. The molecule has 0 fully saturated rings. The quantitative estimate of drug-likeness (QED) is 0.395. The highest BCUT2D eigenvalue weighted by molar-refractivity contribution is 4.79. The average molecular weight is 113 g/mol. The van der Waals surface area contributed by atoms with Crippen LogP contribution in [-0.2, 0) is 0 Å². The number of unbranched alkanes of at least 4 members (excludes halogenated alkanes) is 2. The summed E-state index contributed by atoms with van der Waals surface area (Å²) in [6.07, 6.45) is 7.12. The third kappa shape index (κ3) is 5.70. The Morgan fingerprint density at radius 2 is 2.12 bits per heavy atom. The molecule has 0 amide bonds. The van der Waals surface area contributed by atoms with Crippen molar-refractivity contribution >= 4 is 0 Å². The second-order valence-corrected chi connectivity index (χ2v) is 1.78. The molecule has 0 aromatic carbocycles. The zero-order valence-electron chi connectivity index (χ0n) is 5.39. The van der Waals surface area contributed by atoms with E-state index in [1.165, 1.54) is 12.8 Å². The van der Waals surface area contributed by atoms with E-state index in [0.29, 0.717) is 0 Å². The van der Waals surface area contributed by atoms with Gasteiger partial charge in [-0.05, 0) is 6.42 Å². The third-order valence-corrected chi connectivity index (χ3v) is 0.987. The van der Waals surface area contributed by atoms with E-state index in [1.54, 1.807) is 6.08 Å². The van der Waals surface area contributed by atoms with Crippen LogP contribution in [0.3, 0.4) is 0 Å². The summed E-state index contributed by atoms with van der Waals surface area (Å²) in [6.45, 7) is 2.08. The monoisotopic (exact) mass is 113 g/mol. The van der Waals surface area contributed by atoms with Crippen molar-refractivity contribution in [3.63, 3.8) is 0 Å². The van der Waals surface area contributed by atoms with Crippen LogP contribution in [0.1, 0.15) is 26.2 Å². The molecule has 0 saturated carbocycles. The second-order valence-electron chi connectivity index (χ2n) is 1.78. The van der Waals surface area contributed by atoms with Crippen LogP contribution in [0.5, 0.6) is 0 Å². The Morgan fingerprint density at radius 1 is 1.38 bits per heavy atom. The molecule has 8 heavy (non-hydrogen) atoms. The smallest absolute Gasteiger partial charge is 0.0351 e. The van der Waals surface area contributed by atoms with Gasteiger partial charge in [0, 0.05) is 0 Å². The lowest BCUT2D eigenvalue weighted by Gasteiger charge is -1.91. The molecule has 0 heterocycles. The van der Waals surface area contributed by atoms with Crippen molar-refractivity contribution in [2.75, 3.05) is 6.61 Å². The minimum Gasteiger partial charge on any atom is -0.851 e. The first-order valence-corrected chi connectivity index (χ1v) is 3.15. The first-order valence-electron chi connectivity index (χ1n) is 3.15. The van der Waals surface area contributed by atoms with Crippen LogP contribution in [0.2, 0.25) is 0 Å². The Hall–Kier alpha value is -0.300. The van der Waals surface area contributed by atoms with Crippen LogP contribution in [0.4, 0.5) is 0 Å². The van der Waals surface area contributed by atoms with Crippen molar-refractivity contribution < 1.29 is 5.11 Å². The number of hydrogen-bond donors (Lipinski definition) is 0. The summed E-state index contributed by atoms with van der Waals surface area (Å²) in [4.78, 5) is 0. The van der Waals surface area contributed by atoms with Gasteiger partial charge in [0.05, 0.1) is 0 Å². The molecule has 0 aliphatic carbocycles. The van der Waals surface area contributed by atoms with Gasteiger partial charge < -0.3 is 5.11 Å². The van der Waals surface area contributed by atoms with Crippen LogP contribution >= 0.6 is 0 Å². The van der Waals surface area contributed by atoms with Crippen molar-refractivity contribution in [1.82, 2.24) is 0 Å². The highest BCUT2D eigenvalue weighted by Gasteiger charge is 1.73. The molecule has 0 rings (SSSR count). The van der Waals surface area contributed by atoms with Gasteiger partial charge in [0.2, 0.25) is 0 Å². The van der Waals surface area contributed by atoms with Crippen LogP contribution in [0.25, 0.3) is 0 Å². The first-order chi connectivity index (χ1) is 3.91. The van der Waals surface area contributed by atoms with E-state index in [1.807, 2.05) is 6.08 Å². The average Bonchev–Trinajstić information content (AvgIpc) is 1.81. The Balaban J connectivity index is 2.80. The predicted molar refractivity (Wildman–Crippen MR) is 33.5 cm³/mol. The van der Waals surface area contributed by atoms with E-state index >= 15 is 0 Å². The number of allylic oxidation sites excluding steroid dienone is 1. The molecule has 0 aliphatic rings. The molecule has 48 valence electrons. The van der Waals surface area contributed by atoms with Crippen LogP contribution in [0.15, 0.2) is 12.2 Å². The largest absolute Gasteiger partial charge is 0.851 e. The van der Waals surface area contributed by atoms with Crippen molar-refractivity contribution in [1.29, 1.82) is 0 Å². The maximum absolute atomic E-state index is 9.81. The Bertz CT molecular complexity index is 57.4. The standard InChI is InChI=1S/C7H13O/c1-2-3-4-5-6-7-8/h5-6H,2-4,7H2,1H3/q-1/b6-5+. The fourth-order valence-electron chi connectivity index (χ4n) is 0.508. The van der Waals surface area contributed by atoms with Gasteiger partial charge in [-0.1, -0.05) is 25.8 Å². The van der Waals surface area contributed by atoms with Crippen molar-refractivity contribution in [2.45, 2.75) is 26.2 Å².